The number of rotatable bonds is 5. The summed E-state index contributed by atoms with van der Waals surface area (Å²) < 4.78 is 1.84. The van der Waals surface area contributed by atoms with Gasteiger partial charge in [0.2, 0.25) is 0 Å². The molecule has 0 saturated carbocycles. The summed E-state index contributed by atoms with van der Waals surface area (Å²) in [6.07, 6.45) is 2.94. The predicted octanol–water partition coefficient (Wildman–Crippen LogP) is 3.20. The van der Waals surface area contributed by atoms with Gasteiger partial charge in [0, 0.05) is 7.05 Å². The highest BCUT2D eigenvalue weighted by atomic mass is 15.4. The summed E-state index contributed by atoms with van der Waals surface area (Å²) in [6, 6.07) is 9.00. The van der Waals surface area contributed by atoms with E-state index in [9.17, 15) is 0 Å². The molecule has 0 aliphatic rings. The number of aromatic nitrogens is 3. The summed E-state index contributed by atoms with van der Waals surface area (Å²) in [7, 11) is 1.94. The first kappa shape index (κ1) is 15.7. The molecule has 0 aliphatic carbocycles. The highest BCUT2D eigenvalue weighted by molar-refractivity contribution is 5.32. The predicted molar refractivity (Wildman–Crippen MR) is 86.3 cm³/mol. The van der Waals surface area contributed by atoms with Crippen molar-refractivity contribution in [2.24, 2.45) is 7.05 Å². The third-order valence-electron chi connectivity index (χ3n) is 3.75. The van der Waals surface area contributed by atoms with Crippen LogP contribution in [0.2, 0.25) is 0 Å². The molecule has 2 aromatic rings. The molecule has 0 spiro atoms. The Hall–Kier alpha value is -1.68. The minimum atomic E-state index is 0.138. The maximum absolute atomic E-state index is 4.05. The van der Waals surface area contributed by atoms with Crippen LogP contribution in [-0.2, 0) is 12.5 Å². The summed E-state index contributed by atoms with van der Waals surface area (Å²) in [6.45, 7) is 9.85. The number of aryl methyl sites for hydroxylation is 1. The van der Waals surface area contributed by atoms with Gasteiger partial charge in [-0.1, -0.05) is 57.2 Å². The second-order valence-electron chi connectivity index (χ2n) is 6.54. The van der Waals surface area contributed by atoms with Crippen molar-refractivity contribution in [1.29, 1.82) is 0 Å². The van der Waals surface area contributed by atoms with Gasteiger partial charge >= 0.3 is 0 Å². The molecule has 1 unspecified atom stereocenters. The van der Waals surface area contributed by atoms with Crippen molar-refractivity contribution in [3.63, 3.8) is 0 Å². The van der Waals surface area contributed by atoms with Gasteiger partial charge in [0.15, 0.2) is 0 Å². The van der Waals surface area contributed by atoms with Crippen LogP contribution >= 0.6 is 0 Å². The van der Waals surface area contributed by atoms with Gasteiger partial charge < -0.3 is 5.32 Å². The fourth-order valence-corrected chi connectivity index (χ4v) is 2.42. The first-order valence-corrected chi connectivity index (χ1v) is 7.62. The van der Waals surface area contributed by atoms with E-state index in [0.29, 0.717) is 0 Å². The zero-order valence-electron chi connectivity index (χ0n) is 13.7. The van der Waals surface area contributed by atoms with E-state index in [2.05, 4.69) is 67.6 Å². The van der Waals surface area contributed by atoms with Crippen LogP contribution < -0.4 is 5.32 Å². The molecule has 1 N–H and O–H groups in total. The summed E-state index contributed by atoms with van der Waals surface area (Å²) in [5.41, 5.74) is 3.87. The summed E-state index contributed by atoms with van der Waals surface area (Å²) in [5.74, 6) is 0. The molecule has 1 atom stereocenters. The van der Waals surface area contributed by atoms with Crippen LogP contribution in [0.15, 0.2) is 30.5 Å². The zero-order chi connectivity index (χ0) is 15.5. The second-order valence-corrected chi connectivity index (χ2v) is 6.54. The summed E-state index contributed by atoms with van der Waals surface area (Å²) in [5, 5.41) is 11.6. The molecular formula is C17H26N4. The Kier molecular flexibility index (Phi) is 4.78. The van der Waals surface area contributed by atoms with Crippen molar-refractivity contribution >= 4 is 0 Å². The lowest BCUT2D eigenvalue weighted by Crippen LogP contribution is -2.25. The molecule has 0 radical (unpaired) electrons. The van der Waals surface area contributed by atoms with Crippen LogP contribution in [0.3, 0.4) is 0 Å². The molecule has 1 aromatic carbocycles. The smallest absolute Gasteiger partial charge is 0.0798 e. The van der Waals surface area contributed by atoms with E-state index in [0.717, 1.165) is 18.7 Å². The van der Waals surface area contributed by atoms with Gasteiger partial charge in [-0.3, -0.25) is 4.68 Å². The lowest BCUT2D eigenvalue weighted by atomic mass is 9.86. The Morgan fingerprint density at radius 1 is 1.19 bits per heavy atom. The van der Waals surface area contributed by atoms with E-state index in [4.69, 9.17) is 0 Å². The molecule has 4 nitrogen and oxygen atoms in total. The molecule has 0 amide bonds. The number of benzene rings is 1. The Bertz CT molecular complexity index is 563. The highest BCUT2D eigenvalue weighted by Gasteiger charge is 2.19. The van der Waals surface area contributed by atoms with Crippen molar-refractivity contribution in [2.45, 2.75) is 45.6 Å². The molecule has 114 valence electrons. The fraction of sp³-hybridized carbons (Fsp3) is 0.529. The lowest BCUT2D eigenvalue weighted by Gasteiger charge is -2.22. The molecule has 1 aromatic heterocycles. The average molecular weight is 286 g/mol. The molecule has 2 rings (SSSR count). The second kappa shape index (κ2) is 6.39. The van der Waals surface area contributed by atoms with Crippen molar-refractivity contribution in [1.82, 2.24) is 20.3 Å². The topological polar surface area (TPSA) is 42.7 Å². The average Bonchev–Trinajstić information content (AvgIpc) is 2.85. The van der Waals surface area contributed by atoms with Crippen molar-refractivity contribution in [2.75, 3.05) is 6.54 Å². The standard InChI is InChI=1S/C17H26N4/c1-6-11-18-16(15-12-19-20-21(15)5)13-7-9-14(10-8-13)17(2,3)4/h7-10,12,16,18H,6,11H2,1-5H3. The zero-order valence-corrected chi connectivity index (χ0v) is 13.7. The van der Waals surface area contributed by atoms with E-state index in [1.807, 2.05) is 17.9 Å². The monoisotopic (exact) mass is 286 g/mol. The van der Waals surface area contributed by atoms with E-state index < -0.39 is 0 Å². The molecule has 4 heteroatoms. The minimum absolute atomic E-state index is 0.138. The van der Waals surface area contributed by atoms with E-state index in [-0.39, 0.29) is 11.5 Å². The lowest BCUT2D eigenvalue weighted by molar-refractivity contribution is 0.549. The van der Waals surface area contributed by atoms with Crippen LogP contribution in [-0.4, -0.2) is 21.5 Å². The van der Waals surface area contributed by atoms with E-state index in [1.54, 1.807) is 0 Å². The normalized spacial score (nSPS) is 13.4. The molecule has 0 bridgehead atoms. The maximum Gasteiger partial charge on any atom is 0.0798 e. The number of nitrogens with one attached hydrogen (secondary N) is 1. The molecule has 0 aliphatic heterocycles. The highest BCUT2D eigenvalue weighted by Crippen LogP contribution is 2.26. The molecule has 0 saturated heterocycles. The van der Waals surface area contributed by atoms with E-state index in [1.165, 1.54) is 11.1 Å². The van der Waals surface area contributed by atoms with Crippen molar-refractivity contribution < 1.29 is 0 Å². The number of hydrogen-bond donors (Lipinski definition) is 1. The van der Waals surface area contributed by atoms with Gasteiger partial charge in [0.25, 0.3) is 0 Å². The molecule has 0 fully saturated rings. The molecular weight excluding hydrogens is 260 g/mol. The van der Waals surface area contributed by atoms with Crippen molar-refractivity contribution in [3.05, 3.63) is 47.3 Å². The number of hydrogen-bond acceptors (Lipinski definition) is 3. The summed E-state index contributed by atoms with van der Waals surface area (Å²) in [4.78, 5) is 0. The largest absolute Gasteiger partial charge is 0.305 e. The Labute approximate surface area is 127 Å². The molecule has 1 heterocycles. The fourth-order valence-electron chi connectivity index (χ4n) is 2.42. The first-order chi connectivity index (χ1) is 9.93. The quantitative estimate of drug-likeness (QED) is 0.918. The Morgan fingerprint density at radius 3 is 2.33 bits per heavy atom. The third kappa shape index (κ3) is 3.70. The maximum atomic E-state index is 4.05. The van der Waals surface area contributed by atoms with Gasteiger partial charge in [0.05, 0.1) is 17.9 Å². The Balaban J connectivity index is 2.31. The SMILES string of the molecule is CCCNC(c1ccc(C(C)(C)C)cc1)c1cnnn1C. The van der Waals surface area contributed by atoms with Gasteiger partial charge in [-0.15, -0.1) is 5.10 Å². The van der Waals surface area contributed by atoms with Crippen molar-refractivity contribution in [3.8, 4) is 0 Å². The van der Waals surface area contributed by atoms with Crippen LogP contribution in [0.5, 0.6) is 0 Å². The van der Waals surface area contributed by atoms with Crippen LogP contribution in [0.25, 0.3) is 0 Å². The third-order valence-corrected chi connectivity index (χ3v) is 3.75. The van der Waals surface area contributed by atoms with Crippen LogP contribution in [0, 0.1) is 0 Å². The van der Waals surface area contributed by atoms with E-state index >= 15 is 0 Å². The first-order valence-electron chi connectivity index (χ1n) is 7.62. The number of nitrogens with zero attached hydrogens (tertiary/aromatic N) is 3. The van der Waals surface area contributed by atoms with Crippen LogP contribution in [0.1, 0.15) is 57.0 Å². The summed E-state index contributed by atoms with van der Waals surface area (Å²) >= 11 is 0. The van der Waals surface area contributed by atoms with Gasteiger partial charge in [-0.2, -0.15) is 0 Å². The Morgan fingerprint density at radius 2 is 1.86 bits per heavy atom. The van der Waals surface area contributed by atoms with Gasteiger partial charge in [0.1, 0.15) is 0 Å². The van der Waals surface area contributed by atoms with Gasteiger partial charge in [-0.05, 0) is 29.5 Å². The molecule has 21 heavy (non-hydrogen) atoms. The van der Waals surface area contributed by atoms with Crippen LogP contribution in [0.4, 0.5) is 0 Å². The van der Waals surface area contributed by atoms with Gasteiger partial charge in [-0.25, -0.2) is 0 Å². The minimum Gasteiger partial charge on any atom is -0.305 e.